The first-order chi connectivity index (χ1) is 7.63. The molecule has 1 saturated heterocycles. The third-order valence-electron chi connectivity index (χ3n) is 3.70. The van der Waals surface area contributed by atoms with E-state index in [0.29, 0.717) is 11.1 Å². The fourth-order valence-corrected chi connectivity index (χ4v) is 2.25. The molecule has 0 aromatic rings. The van der Waals surface area contributed by atoms with Crippen LogP contribution in [0, 0.1) is 0 Å². The van der Waals surface area contributed by atoms with Crippen molar-refractivity contribution >= 4 is 5.97 Å². The Morgan fingerprint density at radius 2 is 1.59 bits per heavy atom. The molecule has 17 heavy (non-hydrogen) atoms. The quantitative estimate of drug-likeness (QED) is 0.716. The van der Waals surface area contributed by atoms with Crippen LogP contribution in [0.15, 0.2) is 12.2 Å². The van der Waals surface area contributed by atoms with Crippen LogP contribution in [-0.2, 0) is 4.79 Å². The second kappa shape index (κ2) is 6.20. The fourth-order valence-electron chi connectivity index (χ4n) is 2.25. The van der Waals surface area contributed by atoms with E-state index in [2.05, 4.69) is 39.6 Å². The van der Waals surface area contributed by atoms with Crippen LogP contribution in [0.5, 0.6) is 0 Å². The predicted molar refractivity (Wildman–Crippen MR) is 72.2 cm³/mol. The number of allylic oxidation sites excluding steroid dienone is 1. The molecular formula is C14H27NO2. The molecule has 0 saturated carbocycles. The normalized spacial score (nSPS) is 22.9. The highest BCUT2D eigenvalue weighted by Gasteiger charge is 2.37. The van der Waals surface area contributed by atoms with Gasteiger partial charge in [0, 0.05) is 17.2 Å². The maximum Gasteiger partial charge on any atom is 0.327 e. The lowest BCUT2D eigenvalue weighted by Crippen LogP contribution is -2.56. The van der Waals surface area contributed by atoms with Crippen LogP contribution in [0.25, 0.3) is 0 Å². The summed E-state index contributed by atoms with van der Waals surface area (Å²) in [5.41, 5.74) is 0.809. The lowest BCUT2D eigenvalue weighted by atomic mass is 9.80. The summed E-state index contributed by atoms with van der Waals surface area (Å²) < 4.78 is 0. The van der Waals surface area contributed by atoms with Crippen LogP contribution in [0.1, 0.15) is 53.9 Å². The molecule has 3 heteroatoms. The van der Waals surface area contributed by atoms with E-state index < -0.39 is 5.97 Å². The van der Waals surface area contributed by atoms with Gasteiger partial charge in [-0.3, -0.25) is 4.90 Å². The minimum Gasteiger partial charge on any atom is -0.478 e. The Morgan fingerprint density at radius 3 is 1.76 bits per heavy atom. The van der Waals surface area contributed by atoms with Crippen molar-refractivity contribution < 1.29 is 9.90 Å². The number of aliphatic carboxylic acids is 1. The summed E-state index contributed by atoms with van der Waals surface area (Å²) in [6.45, 7) is 11.0. The second-order valence-corrected chi connectivity index (χ2v) is 5.88. The minimum absolute atomic E-state index is 0.405. The minimum atomic E-state index is -0.891. The van der Waals surface area contributed by atoms with Gasteiger partial charge in [0.25, 0.3) is 0 Å². The highest BCUT2D eigenvalue weighted by atomic mass is 16.4. The maximum absolute atomic E-state index is 9.51. The Bertz CT molecular complexity index is 264. The van der Waals surface area contributed by atoms with E-state index in [0.717, 1.165) is 6.08 Å². The number of hydrogen-bond acceptors (Lipinski definition) is 2. The third kappa shape index (κ3) is 5.35. The van der Waals surface area contributed by atoms with Crippen molar-refractivity contribution in [1.29, 1.82) is 0 Å². The summed E-state index contributed by atoms with van der Waals surface area (Å²) >= 11 is 0. The van der Waals surface area contributed by atoms with Gasteiger partial charge in [0.2, 0.25) is 0 Å². The highest BCUT2D eigenvalue weighted by molar-refractivity contribution is 5.79. The molecule has 1 fully saturated rings. The highest BCUT2D eigenvalue weighted by Crippen LogP contribution is 2.36. The van der Waals surface area contributed by atoms with Gasteiger partial charge in [0.05, 0.1) is 0 Å². The van der Waals surface area contributed by atoms with Crippen LogP contribution in [0.2, 0.25) is 0 Å². The molecule has 0 amide bonds. The van der Waals surface area contributed by atoms with E-state index in [4.69, 9.17) is 5.11 Å². The van der Waals surface area contributed by atoms with Crippen molar-refractivity contribution in [2.24, 2.45) is 0 Å². The number of nitrogens with zero attached hydrogens (tertiary/aromatic N) is 1. The van der Waals surface area contributed by atoms with Crippen molar-refractivity contribution in [3.8, 4) is 0 Å². The van der Waals surface area contributed by atoms with Gasteiger partial charge in [-0.05, 0) is 60.9 Å². The summed E-state index contributed by atoms with van der Waals surface area (Å²) in [6, 6.07) is 0. The monoisotopic (exact) mass is 241 g/mol. The van der Waals surface area contributed by atoms with Crippen molar-refractivity contribution in [3.63, 3.8) is 0 Å². The fraction of sp³-hybridized carbons (Fsp3) is 0.786. The van der Waals surface area contributed by atoms with E-state index in [1.165, 1.54) is 25.3 Å². The molecule has 0 radical (unpaired) electrons. The lowest BCUT2D eigenvalue weighted by molar-refractivity contribution is -0.131. The van der Waals surface area contributed by atoms with E-state index >= 15 is 0 Å². The van der Waals surface area contributed by atoms with Crippen molar-refractivity contribution in [3.05, 3.63) is 12.2 Å². The number of rotatable bonds is 1. The predicted octanol–water partition coefficient (Wildman–Crippen LogP) is 3.31. The first kappa shape index (κ1) is 16.2. The van der Waals surface area contributed by atoms with E-state index in [1.807, 2.05) is 0 Å². The number of likely N-dealkylation sites (tertiary alicyclic amines) is 1. The summed E-state index contributed by atoms with van der Waals surface area (Å²) in [4.78, 5) is 12.0. The van der Waals surface area contributed by atoms with Crippen molar-refractivity contribution in [1.82, 2.24) is 4.90 Å². The first-order valence-electron chi connectivity index (χ1n) is 6.23. The number of carbonyl (C=O) groups is 1. The second-order valence-electron chi connectivity index (χ2n) is 5.88. The molecule has 0 atom stereocenters. The van der Waals surface area contributed by atoms with E-state index in [1.54, 1.807) is 6.92 Å². The molecular weight excluding hydrogens is 214 g/mol. The molecule has 1 rings (SSSR count). The van der Waals surface area contributed by atoms with Crippen molar-refractivity contribution in [2.45, 2.75) is 65.0 Å². The molecule has 0 aliphatic carbocycles. The van der Waals surface area contributed by atoms with E-state index in [-0.39, 0.29) is 0 Å². The van der Waals surface area contributed by atoms with Crippen molar-refractivity contribution in [2.75, 3.05) is 7.05 Å². The zero-order valence-corrected chi connectivity index (χ0v) is 12.1. The molecule has 1 N–H and O–H groups in total. The maximum atomic E-state index is 9.51. The lowest BCUT2D eigenvalue weighted by Gasteiger charge is -2.50. The van der Waals surface area contributed by atoms with Crippen LogP contribution in [0.3, 0.4) is 0 Å². The average Bonchev–Trinajstić information content (AvgIpc) is 2.14. The van der Waals surface area contributed by atoms with Gasteiger partial charge < -0.3 is 5.11 Å². The van der Waals surface area contributed by atoms with Gasteiger partial charge in [-0.25, -0.2) is 4.79 Å². The molecule has 0 aromatic carbocycles. The average molecular weight is 241 g/mol. The van der Waals surface area contributed by atoms with Gasteiger partial charge in [0.1, 0.15) is 0 Å². The van der Waals surface area contributed by atoms with Gasteiger partial charge in [-0.15, -0.1) is 0 Å². The van der Waals surface area contributed by atoms with Gasteiger partial charge in [-0.1, -0.05) is 6.08 Å². The van der Waals surface area contributed by atoms with Gasteiger partial charge in [0.15, 0.2) is 0 Å². The number of carboxylic acid groups (broad SMARTS) is 1. The Morgan fingerprint density at radius 1 is 1.18 bits per heavy atom. The molecule has 0 bridgehead atoms. The summed E-state index contributed by atoms with van der Waals surface area (Å²) in [6.07, 6.45) is 6.62. The number of hydrogen-bond donors (Lipinski definition) is 1. The Labute approximate surface area is 106 Å². The molecule has 0 unspecified atom stereocenters. The summed E-state index contributed by atoms with van der Waals surface area (Å²) in [5, 5.41) is 7.83. The first-order valence-corrected chi connectivity index (χ1v) is 6.23. The van der Waals surface area contributed by atoms with Crippen LogP contribution >= 0.6 is 0 Å². The smallest absolute Gasteiger partial charge is 0.327 e. The SMILES string of the molecule is CC=CC(=O)O.CN1C(C)(C)CCCC1(C)C. The van der Waals surface area contributed by atoms with Gasteiger partial charge >= 0.3 is 5.97 Å². The molecule has 0 spiro atoms. The van der Waals surface area contributed by atoms with Crippen LogP contribution < -0.4 is 0 Å². The molecule has 3 nitrogen and oxygen atoms in total. The Balaban J connectivity index is 0.000000366. The topological polar surface area (TPSA) is 40.5 Å². The standard InChI is InChI=1S/C10H21N.C4H6O2/c1-9(2)7-6-8-10(3,4)11(9)5;1-2-3-4(5)6/h6-8H2,1-5H3;2-3H,1H3,(H,5,6). The van der Waals surface area contributed by atoms with E-state index in [9.17, 15) is 4.79 Å². The number of carboxylic acids is 1. The summed E-state index contributed by atoms with van der Waals surface area (Å²) in [5.74, 6) is -0.891. The zero-order chi connectivity index (χ0) is 13.7. The Hall–Kier alpha value is -0.830. The van der Waals surface area contributed by atoms with Crippen LogP contribution in [0.4, 0.5) is 0 Å². The van der Waals surface area contributed by atoms with Gasteiger partial charge in [-0.2, -0.15) is 0 Å². The Kier molecular flexibility index (Phi) is 5.89. The molecule has 100 valence electrons. The molecule has 1 aliphatic heterocycles. The molecule has 0 aromatic heterocycles. The van der Waals surface area contributed by atoms with Crippen LogP contribution in [-0.4, -0.2) is 34.1 Å². The largest absolute Gasteiger partial charge is 0.478 e. The molecule has 1 heterocycles. The zero-order valence-electron chi connectivity index (χ0n) is 12.1. The number of piperidine rings is 1. The summed E-state index contributed by atoms with van der Waals surface area (Å²) in [7, 11) is 2.25. The third-order valence-corrected chi connectivity index (χ3v) is 3.70. The molecule has 1 aliphatic rings.